The Labute approximate surface area is 108 Å². The fraction of sp³-hybridized carbons (Fsp3) is 0. The van der Waals surface area contributed by atoms with Gasteiger partial charge in [-0.1, -0.05) is 23.2 Å². The van der Waals surface area contributed by atoms with E-state index in [2.05, 4.69) is 10.3 Å². The van der Waals surface area contributed by atoms with Crippen molar-refractivity contribution in [3.63, 3.8) is 0 Å². The number of halogens is 2. The van der Waals surface area contributed by atoms with Crippen molar-refractivity contribution in [2.75, 3.05) is 5.32 Å². The molecule has 1 aromatic heterocycles. The number of rotatable bonds is 2. The van der Waals surface area contributed by atoms with Crippen LogP contribution in [-0.4, -0.2) is 10.9 Å². The number of carbonyl (C=O) groups excluding carboxylic acids is 1. The van der Waals surface area contributed by atoms with Crippen molar-refractivity contribution in [1.82, 2.24) is 4.98 Å². The first-order chi connectivity index (χ1) is 8.15. The second-order valence-corrected chi connectivity index (χ2v) is 4.19. The molecule has 2 rings (SSSR count). The van der Waals surface area contributed by atoms with E-state index >= 15 is 0 Å². The first kappa shape index (κ1) is 11.9. The summed E-state index contributed by atoms with van der Waals surface area (Å²) in [5.74, 6) is 0.161. The van der Waals surface area contributed by atoms with Gasteiger partial charge in [0.2, 0.25) is 0 Å². The van der Waals surface area contributed by atoms with Crippen LogP contribution in [-0.2, 0) is 0 Å². The maximum atomic E-state index is 11.8. The molecule has 1 aromatic carbocycles. The van der Waals surface area contributed by atoms with Crippen LogP contribution in [0.4, 0.5) is 5.82 Å². The summed E-state index contributed by atoms with van der Waals surface area (Å²) in [7, 11) is 0. The molecular weight excluding hydrogens is 259 g/mol. The zero-order chi connectivity index (χ0) is 12.3. The molecule has 3 nitrogen and oxygen atoms in total. The summed E-state index contributed by atoms with van der Waals surface area (Å²) in [5.41, 5.74) is 0.510. The summed E-state index contributed by atoms with van der Waals surface area (Å²) in [5, 5.41) is 3.75. The van der Waals surface area contributed by atoms with Gasteiger partial charge in [-0.15, -0.1) is 0 Å². The highest BCUT2D eigenvalue weighted by Gasteiger charge is 2.06. The molecule has 0 aliphatic rings. The minimum Gasteiger partial charge on any atom is -0.307 e. The summed E-state index contributed by atoms with van der Waals surface area (Å²) < 4.78 is 0. The molecule has 0 aliphatic heterocycles. The molecule has 1 N–H and O–H groups in total. The smallest absolute Gasteiger partial charge is 0.256 e. The monoisotopic (exact) mass is 266 g/mol. The Balaban J connectivity index is 2.14. The van der Waals surface area contributed by atoms with Gasteiger partial charge in [0.1, 0.15) is 5.82 Å². The van der Waals surface area contributed by atoms with E-state index in [1.807, 2.05) is 0 Å². The normalized spacial score (nSPS) is 10.0. The molecule has 0 bridgehead atoms. The summed E-state index contributed by atoms with van der Waals surface area (Å²) in [6, 6.07) is 9.81. The Morgan fingerprint density at radius 1 is 1.06 bits per heavy atom. The second kappa shape index (κ2) is 5.17. The third-order valence-corrected chi connectivity index (χ3v) is 2.56. The van der Waals surface area contributed by atoms with E-state index < -0.39 is 0 Å². The molecule has 0 atom stereocenters. The van der Waals surface area contributed by atoms with Gasteiger partial charge in [-0.2, -0.15) is 0 Å². The van der Waals surface area contributed by atoms with Crippen molar-refractivity contribution in [1.29, 1.82) is 0 Å². The van der Waals surface area contributed by atoms with Crippen LogP contribution in [0.5, 0.6) is 0 Å². The summed E-state index contributed by atoms with van der Waals surface area (Å²) >= 11 is 11.5. The van der Waals surface area contributed by atoms with Gasteiger partial charge in [-0.05, 0) is 36.4 Å². The summed E-state index contributed by atoms with van der Waals surface area (Å²) in [6.07, 6.45) is 1.53. The fourth-order valence-electron chi connectivity index (χ4n) is 1.26. The molecule has 0 radical (unpaired) electrons. The number of benzene rings is 1. The van der Waals surface area contributed by atoms with Crippen LogP contribution in [0.15, 0.2) is 42.6 Å². The van der Waals surface area contributed by atoms with Crippen LogP contribution in [0.2, 0.25) is 10.0 Å². The zero-order valence-corrected chi connectivity index (χ0v) is 10.2. The molecule has 86 valence electrons. The average Bonchev–Trinajstić information content (AvgIpc) is 2.29. The standard InChI is InChI=1S/C12H8Cl2N2O/c13-9-3-1-8(2-4-9)12(17)16-11-7-10(14)5-6-15-11/h1-7H,(H,15,16,17). The Bertz CT molecular complexity index is 540. The van der Waals surface area contributed by atoms with E-state index in [9.17, 15) is 4.79 Å². The lowest BCUT2D eigenvalue weighted by Gasteiger charge is -2.04. The van der Waals surface area contributed by atoms with Gasteiger partial charge in [0.15, 0.2) is 0 Å². The maximum absolute atomic E-state index is 11.8. The molecule has 1 amide bonds. The Morgan fingerprint density at radius 2 is 1.76 bits per heavy atom. The van der Waals surface area contributed by atoms with Crippen molar-refractivity contribution in [2.24, 2.45) is 0 Å². The Hall–Kier alpha value is -1.58. The van der Waals surface area contributed by atoms with E-state index in [1.165, 1.54) is 6.20 Å². The van der Waals surface area contributed by atoms with Gasteiger partial charge >= 0.3 is 0 Å². The van der Waals surface area contributed by atoms with Gasteiger partial charge in [-0.25, -0.2) is 4.98 Å². The van der Waals surface area contributed by atoms with Gasteiger partial charge in [0.25, 0.3) is 5.91 Å². The van der Waals surface area contributed by atoms with Gasteiger partial charge in [0.05, 0.1) is 0 Å². The second-order valence-electron chi connectivity index (χ2n) is 3.32. The third-order valence-electron chi connectivity index (χ3n) is 2.07. The molecule has 0 saturated heterocycles. The molecule has 2 aromatic rings. The largest absolute Gasteiger partial charge is 0.307 e. The summed E-state index contributed by atoms with van der Waals surface area (Å²) in [6.45, 7) is 0. The van der Waals surface area contributed by atoms with Crippen molar-refractivity contribution in [3.8, 4) is 0 Å². The number of hydrogen-bond donors (Lipinski definition) is 1. The molecule has 0 unspecified atom stereocenters. The number of nitrogens with one attached hydrogen (secondary N) is 1. The number of carbonyl (C=O) groups is 1. The molecule has 0 aliphatic carbocycles. The lowest BCUT2D eigenvalue weighted by atomic mass is 10.2. The highest BCUT2D eigenvalue weighted by molar-refractivity contribution is 6.31. The molecule has 0 saturated carbocycles. The average molecular weight is 267 g/mol. The number of nitrogens with zero attached hydrogens (tertiary/aromatic N) is 1. The quantitative estimate of drug-likeness (QED) is 0.902. The minimum absolute atomic E-state index is 0.253. The van der Waals surface area contributed by atoms with Crippen LogP contribution in [0.3, 0.4) is 0 Å². The highest BCUT2D eigenvalue weighted by Crippen LogP contribution is 2.14. The molecule has 0 spiro atoms. The first-order valence-electron chi connectivity index (χ1n) is 4.83. The lowest BCUT2D eigenvalue weighted by molar-refractivity contribution is 0.102. The van der Waals surface area contributed by atoms with Crippen molar-refractivity contribution in [2.45, 2.75) is 0 Å². The van der Waals surface area contributed by atoms with Crippen LogP contribution >= 0.6 is 23.2 Å². The van der Waals surface area contributed by atoms with Crippen molar-refractivity contribution >= 4 is 34.9 Å². The topological polar surface area (TPSA) is 42.0 Å². The number of aromatic nitrogens is 1. The fourth-order valence-corrected chi connectivity index (χ4v) is 1.55. The maximum Gasteiger partial charge on any atom is 0.256 e. The minimum atomic E-state index is -0.253. The van der Waals surface area contributed by atoms with Crippen LogP contribution in [0, 0.1) is 0 Å². The molecule has 17 heavy (non-hydrogen) atoms. The Morgan fingerprint density at radius 3 is 2.41 bits per heavy atom. The van der Waals surface area contributed by atoms with E-state index in [4.69, 9.17) is 23.2 Å². The van der Waals surface area contributed by atoms with E-state index in [0.717, 1.165) is 0 Å². The zero-order valence-electron chi connectivity index (χ0n) is 8.65. The molecular formula is C12H8Cl2N2O. The van der Waals surface area contributed by atoms with Crippen LogP contribution < -0.4 is 5.32 Å². The lowest BCUT2D eigenvalue weighted by Crippen LogP contribution is -2.12. The Kier molecular flexibility index (Phi) is 3.61. The highest BCUT2D eigenvalue weighted by atomic mass is 35.5. The number of pyridine rings is 1. The van der Waals surface area contributed by atoms with E-state index in [-0.39, 0.29) is 5.91 Å². The van der Waals surface area contributed by atoms with Crippen molar-refractivity contribution in [3.05, 3.63) is 58.2 Å². The third kappa shape index (κ3) is 3.19. The van der Waals surface area contributed by atoms with Crippen molar-refractivity contribution < 1.29 is 4.79 Å². The number of hydrogen-bond acceptors (Lipinski definition) is 2. The molecule has 5 heteroatoms. The van der Waals surface area contributed by atoms with Crippen LogP contribution in [0.25, 0.3) is 0 Å². The van der Waals surface area contributed by atoms with Gasteiger partial charge in [-0.3, -0.25) is 4.79 Å². The van der Waals surface area contributed by atoms with Crippen LogP contribution in [0.1, 0.15) is 10.4 Å². The van der Waals surface area contributed by atoms with Gasteiger partial charge < -0.3 is 5.32 Å². The number of amides is 1. The summed E-state index contributed by atoms with van der Waals surface area (Å²) in [4.78, 5) is 15.8. The SMILES string of the molecule is O=C(Nc1cc(Cl)ccn1)c1ccc(Cl)cc1. The molecule has 0 fully saturated rings. The van der Waals surface area contributed by atoms with E-state index in [0.29, 0.717) is 21.4 Å². The van der Waals surface area contributed by atoms with Gasteiger partial charge in [0, 0.05) is 21.8 Å². The first-order valence-corrected chi connectivity index (χ1v) is 5.59. The molecule has 1 heterocycles. The predicted octanol–water partition coefficient (Wildman–Crippen LogP) is 3.64. The van der Waals surface area contributed by atoms with E-state index in [1.54, 1.807) is 36.4 Å². The number of anilines is 1. The predicted molar refractivity (Wildman–Crippen MR) is 68.7 cm³/mol.